The minimum Gasteiger partial charge on any atom is -0.496 e. The predicted octanol–water partition coefficient (Wildman–Crippen LogP) is 2.23. The molecule has 0 aromatic heterocycles. The smallest absolute Gasteiger partial charge is 0.122 e. The molecule has 0 radical (unpaired) electrons. The summed E-state index contributed by atoms with van der Waals surface area (Å²) in [5.41, 5.74) is 1.22. The van der Waals surface area contributed by atoms with Crippen LogP contribution in [0.5, 0.6) is 5.75 Å². The molecule has 17 heavy (non-hydrogen) atoms. The molecule has 94 valence electrons. The third-order valence-electron chi connectivity index (χ3n) is 3.34. The van der Waals surface area contributed by atoms with Crippen LogP contribution in [0.2, 0.25) is 5.02 Å². The number of nitrogens with one attached hydrogen (secondary N) is 1. The van der Waals surface area contributed by atoms with Crippen LogP contribution >= 0.6 is 11.6 Å². The summed E-state index contributed by atoms with van der Waals surface area (Å²) in [6.45, 7) is 2.44. The quantitative estimate of drug-likeness (QED) is 0.875. The average molecular weight is 256 g/mol. The zero-order valence-corrected chi connectivity index (χ0v) is 11.0. The summed E-state index contributed by atoms with van der Waals surface area (Å²) < 4.78 is 10.8. The molecule has 0 spiro atoms. The van der Waals surface area contributed by atoms with E-state index >= 15 is 0 Å². The molecule has 2 rings (SSSR count). The van der Waals surface area contributed by atoms with Crippen molar-refractivity contribution in [2.75, 3.05) is 33.9 Å². The first-order chi connectivity index (χ1) is 8.22. The van der Waals surface area contributed by atoms with E-state index < -0.39 is 0 Å². The van der Waals surface area contributed by atoms with Gasteiger partial charge in [-0.1, -0.05) is 11.6 Å². The third kappa shape index (κ3) is 2.41. The Hall–Kier alpha value is -0.770. The molecule has 1 saturated heterocycles. The number of benzene rings is 1. The van der Waals surface area contributed by atoms with Crippen LogP contribution in [0, 0.1) is 0 Å². The second-order valence-electron chi connectivity index (χ2n) is 4.47. The van der Waals surface area contributed by atoms with Gasteiger partial charge in [-0.2, -0.15) is 0 Å². The van der Waals surface area contributed by atoms with Crippen molar-refractivity contribution in [1.29, 1.82) is 0 Å². The molecule has 1 aliphatic heterocycles. The second-order valence-corrected chi connectivity index (χ2v) is 4.91. The first-order valence-electron chi connectivity index (χ1n) is 5.78. The van der Waals surface area contributed by atoms with Gasteiger partial charge in [-0.3, -0.25) is 0 Å². The molecule has 1 aliphatic rings. The van der Waals surface area contributed by atoms with Crippen LogP contribution in [-0.4, -0.2) is 33.9 Å². The zero-order chi connectivity index (χ0) is 12.3. The van der Waals surface area contributed by atoms with Gasteiger partial charge >= 0.3 is 0 Å². The van der Waals surface area contributed by atoms with E-state index in [1.54, 1.807) is 7.11 Å². The van der Waals surface area contributed by atoms with E-state index in [4.69, 9.17) is 21.1 Å². The fourth-order valence-corrected chi connectivity index (χ4v) is 2.41. The molecule has 3 nitrogen and oxygen atoms in total. The lowest BCUT2D eigenvalue weighted by molar-refractivity contribution is -0.0647. The van der Waals surface area contributed by atoms with E-state index in [0.29, 0.717) is 0 Å². The van der Waals surface area contributed by atoms with Crippen LogP contribution in [0.3, 0.4) is 0 Å². The van der Waals surface area contributed by atoms with Crippen molar-refractivity contribution in [3.05, 3.63) is 28.8 Å². The Morgan fingerprint density at radius 1 is 1.47 bits per heavy atom. The highest BCUT2D eigenvalue weighted by molar-refractivity contribution is 6.30. The summed E-state index contributed by atoms with van der Waals surface area (Å²) >= 11 is 6.08. The van der Waals surface area contributed by atoms with Gasteiger partial charge in [0.2, 0.25) is 0 Å². The van der Waals surface area contributed by atoms with Gasteiger partial charge in [0.1, 0.15) is 5.75 Å². The van der Waals surface area contributed by atoms with Crippen LogP contribution in [0.1, 0.15) is 12.0 Å². The van der Waals surface area contributed by atoms with E-state index in [0.717, 1.165) is 42.5 Å². The number of halogens is 1. The Morgan fingerprint density at radius 2 is 2.24 bits per heavy atom. The average Bonchev–Trinajstić information content (AvgIpc) is 2.28. The second kappa shape index (κ2) is 5.25. The minimum atomic E-state index is 0.0548. The molecule has 0 amide bonds. The monoisotopic (exact) mass is 255 g/mol. The normalized spacial score (nSPS) is 17.6. The number of ether oxygens (including phenoxy) is 2. The summed E-state index contributed by atoms with van der Waals surface area (Å²) in [7, 11) is 3.65. The highest BCUT2D eigenvalue weighted by Gasteiger charge is 2.41. The Labute approximate surface area is 107 Å². The molecular weight excluding hydrogens is 238 g/mol. The largest absolute Gasteiger partial charge is 0.496 e. The van der Waals surface area contributed by atoms with Crippen molar-refractivity contribution in [3.8, 4) is 5.75 Å². The van der Waals surface area contributed by atoms with Crippen molar-refractivity contribution in [2.45, 2.75) is 11.8 Å². The van der Waals surface area contributed by atoms with E-state index in [9.17, 15) is 0 Å². The molecular formula is C13H18ClNO2. The van der Waals surface area contributed by atoms with E-state index in [1.807, 2.05) is 25.2 Å². The Balaban J connectivity index is 2.32. The first kappa shape index (κ1) is 12.7. The van der Waals surface area contributed by atoms with Gasteiger partial charge in [0.25, 0.3) is 0 Å². The summed E-state index contributed by atoms with van der Waals surface area (Å²) in [4.78, 5) is 0. The molecule has 1 aromatic carbocycles. The summed E-state index contributed by atoms with van der Waals surface area (Å²) in [6, 6.07) is 5.78. The van der Waals surface area contributed by atoms with Crippen molar-refractivity contribution in [1.82, 2.24) is 5.32 Å². The van der Waals surface area contributed by atoms with E-state index in [-0.39, 0.29) is 5.41 Å². The number of methoxy groups -OCH3 is 1. The molecule has 0 aliphatic carbocycles. The maximum atomic E-state index is 6.08. The summed E-state index contributed by atoms with van der Waals surface area (Å²) in [5.74, 6) is 0.897. The lowest BCUT2D eigenvalue weighted by Gasteiger charge is -2.42. The molecule has 1 fully saturated rings. The van der Waals surface area contributed by atoms with Crippen LogP contribution < -0.4 is 10.1 Å². The van der Waals surface area contributed by atoms with Crippen LogP contribution in [0.25, 0.3) is 0 Å². The topological polar surface area (TPSA) is 30.5 Å². The number of hydrogen-bond donors (Lipinski definition) is 1. The molecule has 0 bridgehead atoms. The zero-order valence-electron chi connectivity index (χ0n) is 10.3. The van der Waals surface area contributed by atoms with Gasteiger partial charge in [0, 0.05) is 16.0 Å². The maximum absolute atomic E-state index is 6.08. The minimum absolute atomic E-state index is 0.0548. The highest BCUT2D eigenvalue weighted by Crippen LogP contribution is 2.41. The van der Waals surface area contributed by atoms with Gasteiger partial charge in [0.15, 0.2) is 0 Å². The van der Waals surface area contributed by atoms with E-state index in [1.165, 1.54) is 0 Å². The fraction of sp³-hybridized carbons (Fsp3) is 0.538. The van der Waals surface area contributed by atoms with Crippen molar-refractivity contribution >= 4 is 11.6 Å². The first-order valence-corrected chi connectivity index (χ1v) is 6.16. The van der Waals surface area contributed by atoms with Crippen LogP contribution in [-0.2, 0) is 10.2 Å². The lowest BCUT2D eigenvalue weighted by atomic mass is 9.75. The highest BCUT2D eigenvalue weighted by atomic mass is 35.5. The van der Waals surface area contributed by atoms with Gasteiger partial charge in [0.05, 0.1) is 20.3 Å². The molecule has 0 atom stereocenters. The van der Waals surface area contributed by atoms with Gasteiger partial charge in [-0.05, 0) is 38.2 Å². The van der Waals surface area contributed by atoms with Gasteiger partial charge in [-0.15, -0.1) is 0 Å². The van der Waals surface area contributed by atoms with Gasteiger partial charge < -0.3 is 14.8 Å². The Kier molecular flexibility index (Phi) is 3.92. The Bertz CT molecular complexity index is 391. The van der Waals surface area contributed by atoms with Crippen molar-refractivity contribution in [3.63, 3.8) is 0 Å². The Morgan fingerprint density at radius 3 is 2.76 bits per heavy atom. The number of hydrogen-bond acceptors (Lipinski definition) is 3. The molecule has 1 N–H and O–H groups in total. The summed E-state index contributed by atoms with van der Waals surface area (Å²) in [5, 5.41) is 3.93. The molecule has 4 heteroatoms. The lowest BCUT2D eigenvalue weighted by Crippen LogP contribution is -2.48. The standard InChI is InChI=1S/C13H18ClNO2/c1-15-6-5-13(8-17-9-13)11-7-10(14)3-4-12(11)16-2/h3-4,7,15H,5-6,8-9H2,1-2H3. The van der Waals surface area contributed by atoms with Crippen LogP contribution in [0.15, 0.2) is 18.2 Å². The van der Waals surface area contributed by atoms with Crippen molar-refractivity contribution < 1.29 is 9.47 Å². The van der Waals surface area contributed by atoms with Crippen LogP contribution in [0.4, 0.5) is 0 Å². The van der Waals surface area contributed by atoms with Gasteiger partial charge in [-0.25, -0.2) is 0 Å². The molecule has 1 heterocycles. The van der Waals surface area contributed by atoms with Crippen molar-refractivity contribution in [2.24, 2.45) is 0 Å². The molecule has 0 unspecified atom stereocenters. The maximum Gasteiger partial charge on any atom is 0.122 e. The molecule has 0 saturated carbocycles. The molecule has 1 aromatic rings. The fourth-order valence-electron chi connectivity index (χ4n) is 2.24. The summed E-state index contributed by atoms with van der Waals surface area (Å²) in [6.07, 6.45) is 1.03. The number of rotatable bonds is 5. The SMILES string of the molecule is CNCCC1(c2cc(Cl)ccc2OC)COC1. The predicted molar refractivity (Wildman–Crippen MR) is 69.0 cm³/mol. The van der Waals surface area contributed by atoms with E-state index in [2.05, 4.69) is 5.32 Å². The third-order valence-corrected chi connectivity index (χ3v) is 3.58.